The van der Waals surface area contributed by atoms with Gasteiger partial charge in [0, 0.05) is 18.9 Å². The van der Waals surface area contributed by atoms with Gasteiger partial charge in [-0.15, -0.1) is 0 Å². The van der Waals surface area contributed by atoms with E-state index < -0.39 is 15.6 Å². The zero-order chi connectivity index (χ0) is 10.8. The fourth-order valence-corrected chi connectivity index (χ4v) is 2.38. The summed E-state index contributed by atoms with van der Waals surface area (Å²) in [4.78, 5) is 2.90. The van der Waals surface area contributed by atoms with Crippen LogP contribution >= 0.6 is 0 Å². The Kier molecular flexibility index (Phi) is 3.17. The maximum absolute atomic E-state index is 11.1. The molecule has 0 saturated heterocycles. The van der Waals surface area contributed by atoms with Crippen LogP contribution in [-0.4, -0.2) is 34.8 Å². The van der Waals surface area contributed by atoms with Crippen molar-refractivity contribution in [2.75, 3.05) is 6.54 Å². The molecule has 1 heterocycles. The molecule has 5 nitrogen and oxygen atoms in total. The lowest BCUT2D eigenvalue weighted by molar-refractivity contribution is 0.249. The van der Waals surface area contributed by atoms with Crippen molar-refractivity contribution in [2.45, 2.75) is 18.8 Å². The summed E-state index contributed by atoms with van der Waals surface area (Å²) in [6.45, 7) is 5.98. The van der Waals surface area contributed by atoms with Gasteiger partial charge < -0.3 is 9.80 Å². The normalized spacial score (nSPS) is 21.7. The number of rotatable bonds is 4. The molecular weight excluding hydrogens is 204 g/mol. The van der Waals surface area contributed by atoms with Crippen LogP contribution in [0.25, 0.3) is 0 Å². The lowest BCUT2D eigenvalue weighted by atomic mass is 10.4. The summed E-state index contributed by atoms with van der Waals surface area (Å²) in [7, 11) is -4.12. The van der Waals surface area contributed by atoms with Crippen molar-refractivity contribution in [2.24, 2.45) is 0 Å². The number of hydrogen-bond acceptors (Lipinski definition) is 4. The van der Waals surface area contributed by atoms with Gasteiger partial charge in [-0.05, 0) is 12.6 Å². The van der Waals surface area contributed by atoms with E-state index in [4.69, 9.17) is 4.55 Å². The molecule has 0 saturated carbocycles. The van der Waals surface area contributed by atoms with Crippen molar-refractivity contribution in [3.63, 3.8) is 0 Å². The zero-order valence-electron chi connectivity index (χ0n) is 8.00. The summed E-state index contributed by atoms with van der Waals surface area (Å²) >= 11 is 0. The third-order valence-corrected chi connectivity index (χ3v) is 2.98. The second kappa shape index (κ2) is 4.02. The lowest BCUT2D eigenvalue weighted by Crippen LogP contribution is -2.42. The van der Waals surface area contributed by atoms with E-state index in [9.17, 15) is 8.42 Å². The summed E-state index contributed by atoms with van der Waals surface area (Å²) in [6, 6.07) is 0. The van der Waals surface area contributed by atoms with E-state index in [0.717, 1.165) is 6.42 Å². The first-order valence-electron chi connectivity index (χ1n) is 4.31. The lowest BCUT2D eigenvalue weighted by Gasteiger charge is -2.27. The standard InChI is InChI=1S/C8H14N2O3S/c1-3-5-10-7-6-9(4-2)8(10)14(11,12)13/h4,6-8H,2-3,5H2,1H3,(H,11,12,13). The summed E-state index contributed by atoms with van der Waals surface area (Å²) in [5.41, 5.74) is -1.06. The Morgan fingerprint density at radius 2 is 2.21 bits per heavy atom. The first-order chi connectivity index (χ1) is 6.50. The van der Waals surface area contributed by atoms with Gasteiger partial charge in [-0.25, -0.2) is 0 Å². The smallest absolute Gasteiger partial charge is 0.306 e. The molecular formula is C8H14N2O3S. The van der Waals surface area contributed by atoms with Gasteiger partial charge >= 0.3 is 10.1 Å². The molecule has 0 aromatic heterocycles. The molecule has 1 atom stereocenters. The average Bonchev–Trinajstić information content (AvgIpc) is 2.47. The minimum Gasteiger partial charge on any atom is -0.341 e. The Bertz CT molecular complexity index is 336. The van der Waals surface area contributed by atoms with Crippen LogP contribution in [0.3, 0.4) is 0 Å². The molecule has 1 rings (SSSR count). The molecule has 0 amide bonds. The van der Waals surface area contributed by atoms with E-state index in [1.807, 2.05) is 6.92 Å². The van der Waals surface area contributed by atoms with Crippen molar-refractivity contribution >= 4 is 10.1 Å². The van der Waals surface area contributed by atoms with Crippen LogP contribution in [-0.2, 0) is 10.1 Å². The van der Waals surface area contributed by atoms with E-state index in [0.29, 0.717) is 6.54 Å². The van der Waals surface area contributed by atoms with Crippen LogP contribution in [0, 0.1) is 0 Å². The molecule has 1 aliphatic rings. The van der Waals surface area contributed by atoms with Gasteiger partial charge in [0.15, 0.2) is 0 Å². The Hall–Kier alpha value is -1.01. The third kappa shape index (κ3) is 2.08. The summed E-state index contributed by atoms with van der Waals surface area (Å²) in [6.07, 6.45) is 5.37. The highest BCUT2D eigenvalue weighted by molar-refractivity contribution is 7.86. The molecule has 14 heavy (non-hydrogen) atoms. The minimum atomic E-state index is -4.12. The third-order valence-electron chi connectivity index (χ3n) is 1.93. The largest absolute Gasteiger partial charge is 0.341 e. The van der Waals surface area contributed by atoms with Crippen LogP contribution in [0.2, 0.25) is 0 Å². The highest BCUT2D eigenvalue weighted by Gasteiger charge is 2.34. The highest BCUT2D eigenvalue weighted by Crippen LogP contribution is 2.20. The van der Waals surface area contributed by atoms with Crippen LogP contribution in [0.15, 0.2) is 25.2 Å². The van der Waals surface area contributed by atoms with Gasteiger partial charge in [-0.3, -0.25) is 4.55 Å². The second-order valence-corrected chi connectivity index (χ2v) is 4.46. The molecule has 0 bridgehead atoms. The number of nitrogens with zero attached hydrogens (tertiary/aromatic N) is 2. The van der Waals surface area contributed by atoms with Crippen LogP contribution in [0.5, 0.6) is 0 Å². The average molecular weight is 218 g/mol. The summed E-state index contributed by atoms with van der Waals surface area (Å²) in [5, 5.41) is 0. The quantitative estimate of drug-likeness (QED) is 0.707. The highest BCUT2D eigenvalue weighted by atomic mass is 32.2. The van der Waals surface area contributed by atoms with Gasteiger partial charge in [0.1, 0.15) is 0 Å². The molecule has 0 radical (unpaired) electrons. The molecule has 6 heteroatoms. The molecule has 0 spiro atoms. The van der Waals surface area contributed by atoms with E-state index >= 15 is 0 Å². The molecule has 0 aromatic carbocycles. The van der Waals surface area contributed by atoms with Gasteiger partial charge in [-0.2, -0.15) is 8.42 Å². The molecule has 1 unspecified atom stereocenters. The number of hydrogen-bond donors (Lipinski definition) is 1. The van der Waals surface area contributed by atoms with Crippen molar-refractivity contribution in [1.82, 2.24) is 9.80 Å². The Balaban J connectivity index is 2.91. The second-order valence-electron chi connectivity index (χ2n) is 3.01. The van der Waals surface area contributed by atoms with Gasteiger partial charge in [0.25, 0.3) is 0 Å². The monoisotopic (exact) mass is 218 g/mol. The fraction of sp³-hybridized carbons (Fsp3) is 0.500. The zero-order valence-corrected chi connectivity index (χ0v) is 8.81. The molecule has 1 N–H and O–H groups in total. The van der Waals surface area contributed by atoms with Gasteiger partial charge in [0.2, 0.25) is 5.50 Å². The molecule has 1 aliphatic heterocycles. The van der Waals surface area contributed by atoms with Gasteiger partial charge in [-0.1, -0.05) is 13.5 Å². The van der Waals surface area contributed by atoms with Crippen LogP contribution in [0.1, 0.15) is 13.3 Å². The van der Waals surface area contributed by atoms with E-state index in [2.05, 4.69) is 6.58 Å². The Morgan fingerprint density at radius 3 is 2.64 bits per heavy atom. The first-order valence-corrected chi connectivity index (χ1v) is 5.81. The molecule has 80 valence electrons. The van der Waals surface area contributed by atoms with Crippen molar-refractivity contribution in [3.8, 4) is 0 Å². The SMILES string of the molecule is C=CN1C=CN(CCC)C1S(=O)(=O)O. The molecule has 0 aliphatic carbocycles. The summed E-state index contributed by atoms with van der Waals surface area (Å²) < 4.78 is 31.2. The van der Waals surface area contributed by atoms with Crippen LogP contribution < -0.4 is 0 Å². The van der Waals surface area contributed by atoms with E-state index in [-0.39, 0.29) is 0 Å². The molecule has 0 aromatic rings. The first kappa shape index (κ1) is 11.1. The molecule has 0 fully saturated rings. The van der Waals surface area contributed by atoms with E-state index in [1.165, 1.54) is 11.1 Å². The van der Waals surface area contributed by atoms with E-state index in [1.54, 1.807) is 17.3 Å². The topological polar surface area (TPSA) is 60.9 Å². The van der Waals surface area contributed by atoms with Crippen molar-refractivity contribution in [1.29, 1.82) is 0 Å². The summed E-state index contributed by atoms with van der Waals surface area (Å²) in [5.74, 6) is 0. The Morgan fingerprint density at radius 1 is 1.57 bits per heavy atom. The van der Waals surface area contributed by atoms with Crippen molar-refractivity contribution in [3.05, 3.63) is 25.2 Å². The van der Waals surface area contributed by atoms with Gasteiger partial charge in [0.05, 0.1) is 0 Å². The predicted octanol–water partition coefficient (Wildman–Crippen LogP) is 0.800. The maximum atomic E-state index is 11.1. The predicted molar refractivity (Wildman–Crippen MR) is 53.5 cm³/mol. The maximum Gasteiger partial charge on any atom is 0.306 e. The van der Waals surface area contributed by atoms with Crippen LogP contribution in [0.4, 0.5) is 0 Å². The van der Waals surface area contributed by atoms with Crippen molar-refractivity contribution < 1.29 is 13.0 Å². The Labute approximate surface area is 84.1 Å². The fourth-order valence-electron chi connectivity index (χ4n) is 1.40. The minimum absolute atomic E-state index is 0.575.